The fourth-order valence-corrected chi connectivity index (χ4v) is 2.28. The van der Waals surface area contributed by atoms with Crippen molar-refractivity contribution in [1.29, 1.82) is 0 Å². The summed E-state index contributed by atoms with van der Waals surface area (Å²) in [4.78, 5) is 0. The van der Waals surface area contributed by atoms with E-state index in [1.807, 2.05) is 6.07 Å². The molecule has 0 radical (unpaired) electrons. The smallest absolute Gasteiger partial charge is 0.123 e. The average molecular weight is 231 g/mol. The van der Waals surface area contributed by atoms with Crippen LogP contribution >= 0.6 is 0 Å². The highest BCUT2D eigenvalue weighted by Crippen LogP contribution is 2.20. The van der Waals surface area contributed by atoms with Crippen LogP contribution < -0.4 is 10.1 Å². The van der Waals surface area contributed by atoms with Crippen LogP contribution in [0.25, 0.3) is 0 Å². The molecule has 1 aromatic rings. The fourth-order valence-electron chi connectivity index (χ4n) is 2.28. The number of rotatable bonds is 4. The molecule has 1 aromatic carbocycles. The molecular weight excluding hydrogens is 210 g/mol. The van der Waals surface area contributed by atoms with Gasteiger partial charge in [0.2, 0.25) is 0 Å². The maximum absolute atomic E-state index is 5.39. The van der Waals surface area contributed by atoms with E-state index in [1.54, 1.807) is 7.11 Å². The number of hydrogen-bond acceptors (Lipinski definition) is 2. The van der Waals surface area contributed by atoms with E-state index in [4.69, 9.17) is 4.74 Å². The van der Waals surface area contributed by atoms with Crippen LogP contribution in [0.3, 0.4) is 0 Å². The van der Waals surface area contributed by atoms with Crippen molar-refractivity contribution in [2.45, 2.75) is 38.8 Å². The molecule has 0 spiro atoms. The molecule has 1 unspecified atom stereocenters. The lowest BCUT2D eigenvalue weighted by molar-refractivity contribution is 0.402. The third kappa shape index (κ3) is 3.34. The lowest BCUT2D eigenvalue weighted by atomic mass is 10.0. The van der Waals surface area contributed by atoms with Crippen molar-refractivity contribution in [2.75, 3.05) is 7.11 Å². The van der Waals surface area contributed by atoms with Gasteiger partial charge in [-0.2, -0.15) is 0 Å². The van der Waals surface area contributed by atoms with Gasteiger partial charge in [-0.3, -0.25) is 0 Å². The van der Waals surface area contributed by atoms with E-state index in [0.29, 0.717) is 6.04 Å². The highest BCUT2D eigenvalue weighted by Gasteiger charge is 2.10. The van der Waals surface area contributed by atoms with E-state index >= 15 is 0 Å². The molecule has 0 saturated heterocycles. The Morgan fingerprint density at radius 3 is 2.94 bits per heavy atom. The van der Waals surface area contributed by atoms with Gasteiger partial charge in [-0.15, -0.1) is 0 Å². The summed E-state index contributed by atoms with van der Waals surface area (Å²) in [6.45, 7) is 3.01. The number of aryl methyl sites for hydroxylation is 1. The van der Waals surface area contributed by atoms with Crippen molar-refractivity contribution in [3.05, 3.63) is 41.5 Å². The molecule has 2 nitrogen and oxygen atoms in total. The largest absolute Gasteiger partial charge is 0.496 e. The molecule has 17 heavy (non-hydrogen) atoms. The Bertz CT molecular complexity index is 398. The maximum Gasteiger partial charge on any atom is 0.123 e. The number of hydrogen-bond donors (Lipinski definition) is 1. The van der Waals surface area contributed by atoms with Crippen molar-refractivity contribution in [1.82, 2.24) is 5.32 Å². The van der Waals surface area contributed by atoms with Crippen LogP contribution in [0, 0.1) is 6.92 Å². The lowest BCUT2D eigenvalue weighted by Gasteiger charge is -2.20. The van der Waals surface area contributed by atoms with Gasteiger partial charge in [0.05, 0.1) is 7.11 Å². The van der Waals surface area contributed by atoms with Crippen LogP contribution in [0.1, 0.15) is 30.4 Å². The zero-order valence-corrected chi connectivity index (χ0v) is 10.7. The molecule has 0 heterocycles. The quantitative estimate of drug-likeness (QED) is 0.803. The highest BCUT2D eigenvalue weighted by atomic mass is 16.5. The van der Waals surface area contributed by atoms with Crippen LogP contribution in [0.15, 0.2) is 30.4 Å². The first-order valence-electron chi connectivity index (χ1n) is 6.31. The molecule has 0 amide bonds. The van der Waals surface area contributed by atoms with E-state index in [9.17, 15) is 0 Å². The molecule has 2 heteroatoms. The SMILES string of the molecule is COc1ccc(C)cc1CNC1CC=CCC1. The molecule has 0 aliphatic heterocycles. The predicted molar refractivity (Wildman–Crippen MR) is 71.3 cm³/mol. The number of nitrogens with one attached hydrogen (secondary N) is 1. The Morgan fingerprint density at radius 1 is 1.35 bits per heavy atom. The van der Waals surface area contributed by atoms with Crippen molar-refractivity contribution in [3.63, 3.8) is 0 Å². The van der Waals surface area contributed by atoms with Gasteiger partial charge in [0.1, 0.15) is 5.75 Å². The summed E-state index contributed by atoms with van der Waals surface area (Å²) in [5, 5.41) is 3.61. The Labute approximate surface area is 104 Å². The second kappa shape index (κ2) is 5.87. The molecule has 0 bridgehead atoms. The standard InChI is InChI=1S/C15H21NO/c1-12-8-9-15(17-2)13(10-12)11-16-14-6-4-3-5-7-14/h3-4,8-10,14,16H,5-7,11H2,1-2H3. The minimum absolute atomic E-state index is 0.616. The monoisotopic (exact) mass is 231 g/mol. The average Bonchev–Trinajstić information content (AvgIpc) is 2.38. The summed E-state index contributed by atoms with van der Waals surface area (Å²) in [6, 6.07) is 6.95. The van der Waals surface area contributed by atoms with Gasteiger partial charge in [0.15, 0.2) is 0 Å². The van der Waals surface area contributed by atoms with E-state index in [1.165, 1.54) is 24.0 Å². The first-order valence-corrected chi connectivity index (χ1v) is 6.31. The van der Waals surface area contributed by atoms with Crippen molar-refractivity contribution < 1.29 is 4.74 Å². The molecule has 92 valence electrons. The molecule has 1 aliphatic carbocycles. The highest BCUT2D eigenvalue weighted by molar-refractivity contribution is 5.36. The minimum Gasteiger partial charge on any atom is -0.496 e. The summed E-state index contributed by atoms with van der Waals surface area (Å²) in [6.07, 6.45) is 8.13. The Kier molecular flexibility index (Phi) is 4.21. The zero-order valence-electron chi connectivity index (χ0n) is 10.7. The zero-order chi connectivity index (χ0) is 12.1. The molecule has 1 atom stereocenters. The molecule has 0 saturated carbocycles. The van der Waals surface area contributed by atoms with Crippen LogP contribution in [0.5, 0.6) is 5.75 Å². The molecule has 2 rings (SSSR count). The second-order valence-corrected chi connectivity index (χ2v) is 4.68. The van der Waals surface area contributed by atoms with Gasteiger partial charge in [0.25, 0.3) is 0 Å². The van der Waals surface area contributed by atoms with E-state index in [2.05, 4.69) is 36.5 Å². The van der Waals surface area contributed by atoms with Gasteiger partial charge < -0.3 is 10.1 Å². The topological polar surface area (TPSA) is 21.3 Å². The third-order valence-corrected chi connectivity index (χ3v) is 3.29. The number of ether oxygens (including phenoxy) is 1. The van der Waals surface area contributed by atoms with Crippen molar-refractivity contribution in [3.8, 4) is 5.75 Å². The van der Waals surface area contributed by atoms with Crippen molar-refractivity contribution >= 4 is 0 Å². The maximum atomic E-state index is 5.39. The van der Waals surface area contributed by atoms with Crippen LogP contribution in [-0.2, 0) is 6.54 Å². The second-order valence-electron chi connectivity index (χ2n) is 4.68. The third-order valence-electron chi connectivity index (χ3n) is 3.29. The number of allylic oxidation sites excluding steroid dienone is 1. The van der Waals surface area contributed by atoms with E-state index in [0.717, 1.165) is 18.7 Å². The summed E-state index contributed by atoms with van der Waals surface area (Å²) < 4.78 is 5.39. The first kappa shape index (κ1) is 12.2. The lowest BCUT2D eigenvalue weighted by Crippen LogP contribution is -2.29. The van der Waals surface area contributed by atoms with Crippen molar-refractivity contribution in [2.24, 2.45) is 0 Å². The van der Waals surface area contributed by atoms with Crippen LogP contribution in [0.2, 0.25) is 0 Å². The molecule has 1 aliphatic rings. The van der Waals surface area contributed by atoms with Gasteiger partial charge in [-0.05, 0) is 32.3 Å². The number of methoxy groups -OCH3 is 1. The molecular formula is C15H21NO. The Balaban J connectivity index is 1.97. The van der Waals surface area contributed by atoms with E-state index < -0.39 is 0 Å². The Morgan fingerprint density at radius 2 is 2.24 bits per heavy atom. The number of benzene rings is 1. The van der Waals surface area contributed by atoms with Gasteiger partial charge in [0, 0.05) is 18.2 Å². The minimum atomic E-state index is 0.616. The molecule has 0 aromatic heterocycles. The van der Waals surface area contributed by atoms with Crippen LogP contribution in [-0.4, -0.2) is 13.2 Å². The molecule has 1 N–H and O–H groups in total. The first-order chi connectivity index (χ1) is 8.29. The van der Waals surface area contributed by atoms with Gasteiger partial charge in [-0.1, -0.05) is 29.8 Å². The summed E-state index contributed by atoms with van der Waals surface area (Å²) in [5.41, 5.74) is 2.54. The summed E-state index contributed by atoms with van der Waals surface area (Å²) in [5.74, 6) is 0.981. The normalized spacial score (nSPS) is 19.3. The van der Waals surface area contributed by atoms with Crippen LogP contribution in [0.4, 0.5) is 0 Å². The Hall–Kier alpha value is -1.28. The van der Waals surface area contributed by atoms with E-state index in [-0.39, 0.29) is 0 Å². The van der Waals surface area contributed by atoms with Gasteiger partial charge >= 0.3 is 0 Å². The molecule has 0 fully saturated rings. The summed E-state index contributed by atoms with van der Waals surface area (Å²) in [7, 11) is 1.73. The predicted octanol–water partition coefficient (Wildman–Crippen LogP) is 3.20. The fraction of sp³-hybridized carbons (Fsp3) is 0.467. The van der Waals surface area contributed by atoms with Gasteiger partial charge in [-0.25, -0.2) is 0 Å². The summed E-state index contributed by atoms with van der Waals surface area (Å²) >= 11 is 0.